The van der Waals surface area contributed by atoms with E-state index in [-0.39, 0.29) is 12.2 Å². The summed E-state index contributed by atoms with van der Waals surface area (Å²) in [6.07, 6.45) is 1.45. The van der Waals surface area contributed by atoms with Crippen LogP contribution in [-0.4, -0.2) is 55.5 Å². The molecule has 2 N–H and O–H groups in total. The summed E-state index contributed by atoms with van der Waals surface area (Å²) in [4.78, 5) is 22.0. The van der Waals surface area contributed by atoms with E-state index in [4.69, 9.17) is 0 Å². The number of nitrogens with one attached hydrogen (secondary N) is 2. The summed E-state index contributed by atoms with van der Waals surface area (Å²) in [5.74, 6) is 2.63. The van der Waals surface area contributed by atoms with Crippen LogP contribution in [0.2, 0.25) is 0 Å². The third-order valence-corrected chi connectivity index (χ3v) is 6.09. The molecule has 174 valence electrons. The summed E-state index contributed by atoms with van der Waals surface area (Å²) in [6, 6.07) is 5.30. The van der Waals surface area contributed by atoms with Crippen molar-refractivity contribution in [3.05, 3.63) is 58.9 Å². The molecule has 0 aliphatic heterocycles. The van der Waals surface area contributed by atoms with E-state index in [2.05, 4.69) is 26.5 Å². The molecule has 0 saturated heterocycles. The molecule has 0 aliphatic rings. The molecule has 1 aromatic carbocycles. The molecule has 10 heteroatoms. The minimum absolute atomic E-state index is 0.225. The standard InChI is InChI=1S/C23H24F2N4O3S/c1-4-10-33(31,32)28-19-8-7-18(24)21(22(19)25)20(30)12-15-11-16-13-17(6-5-9-29(2)3)27-23(16)26-14-15/h7-8,11,13-14,28H,4,9-10,12H2,1-3H3,(H,26,27). The van der Waals surface area contributed by atoms with E-state index < -0.39 is 38.7 Å². The van der Waals surface area contributed by atoms with E-state index in [1.807, 2.05) is 19.0 Å². The van der Waals surface area contributed by atoms with E-state index in [0.29, 0.717) is 35.3 Å². The SMILES string of the molecule is CCCS(=O)(=O)Nc1ccc(F)c(C(=O)Cc2cnc3[nH]c(C#CCN(C)C)cc3c2)c1F. The molecule has 0 bridgehead atoms. The third kappa shape index (κ3) is 6.15. The summed E-state index contributed by atoms with van der Waals surface area (Å²) in [7, 11) is 0.0120. The van der Waals surface area contributed by atoms with Crippen LogP contribution in [0.1, 0.15) is 35.0 Å². The lowest BCUT2D eigenvalue weighted by atomic mass is 10.0. The van der Waals surface area contributed by atoms with Gasteiger partial charge in [-0.2, -0.15) is 0 Å². The number of halogens is 2. The maximum absolute atomic E-state index is 14.9. The first kappa shape index (κ1) is 24.4. The van der Waals surface area contributed by atoms with Crippen molar-refractivity contribution < 1.29 is 22.0 Å². The molecule has 2 aromatic heterocycles. The van der Waals surface area contributed by atoms with Crippen molar-refractivity contribution in [1.82, 2.24) is 14.9 Å². The first-order chi connectivity index (χ1) is 15.6. The number of nitrogens with zero attached hydrogens (tertiary/aromatic N) is 2. The fourth-order valence-corrected chi connectivity index (χ4v) is 4.30. The quantitative estimate of drug-likeness (QED) is 0.386. The van der Waals surface area contributed by atoms with E-state index in [1.54, 1.807) is 19.1 Å². The van der Waals surface area contributed by atoms with Crippen molar-refractivity contribution in [3.8, 4) is 11.8 Å². The summed E-state index contributed by atoms with van der Waals surface area (Å²) in [5, 5.41) is 0.705. The van der Waals surface area contributed by atoms with Crippen LogP contribution >= 0.6 is 0 Å². The zero-order chi connectivity index (χ0) is 24.2. The second-order valence-corrected chi connectivity index (χ2v) is 9.65. The normalized spacial score (nSPS) is 11.5. The van der Waals surface area contributed by atoms with Crippen molar-refractivity contribution in [3.63, 3.8) is 0 Å². The van der Waals surface area contributed by atoms with Gasteiger partial charge in [0.25, 0.3) is 0 Å². The number of H-pyrrole nitrogens is 1. The van der Waals surface area contributed by atoms with Gasteiger partial charge in [-0.1, -0.05) is 12.8 Å². The topological polar surface area (TPSA) is 95.2 Å². The highest BCUT2D eigenvalue weighted by molar-refractivity contribution is 7.92. The first-order valence-corrected chi connectivity index (χ1v) is 11.9. The average molecular weight is 475 g/mol. The number of benzene rings is 1. The molecule has 0 amide bonds. The number of sulfonamides is 1. The van der Waals surface area contributed by atoms with Crippen LogP contribution in [0.3, 0.4) is 0 Å². The van der Waals surface area contributed by atoms with Crippen LogP contribution in [-0.2, 0) is 16.4 Å². The zero-order valence-corrected chi connectivity index (χ0v) is 19.3. The molecule has 33 heavy (non-hydrogen) atoms. The van der Waals surface area contributed by atoms with Crippen molar-refractivity contribution in [2.45, 2.75) is 19.8 Å². The number of carbonyl (C=O) groups is 1. The second-order valence-electron chi connectivity index (χ2n) is 7.81. The highest BCUT2D eigenvalue weighted by Crippen LogP contribution is 2.24. The number of aromatic amines is 1. The lowest BCUT2D eigenvalue weighted by Gasteiger charge is -2.11. The third-order valence-electron chi connectivity index (χ3n) is 4.62. The Morgan fingerprint density at radius 3 is 2.70 bits per heavy atom. The molecule has 2 heterocycles. The number of Topliss-reactive ketones (excluding diaryl/α,β-unsaturated/α-hetero) is 1. The molecule has 0 unspecified atom stereocenters. The van der Waals surface area contributed by atoms with Crippen molar-refractivity contribution in [1.29, 1.82) is 0 Å². The Balaban J connectivity index is 1.84. The summed E-state index contributed by atoms with van der Waals surface area (Å²) < 4.78 is 55.2. The monoisotopic (exact) mass is 474 g/mol. The number of hydrogen-bond donors (Lipinski definition) is 2. The number of aromatic nitrogens is 2. The Labute approximate surface area is 191 Å². The number of pyridine rings is 1. The van der Waals surface area contributed by atoms with Crippen LogP contribution in [0, 0.1) is 23.5 Å². The Kier molecular flexibility index (Phi) is 7.46. The van der Waals surface area contributed by atoms with Gasteiger partial charge in [0.05, 0.1) is 29.2 Å². The van der Waals surface area contributed by atoms with Gasteiger partial charge in [-0.15, -0.1) is 0 Å². The smallest absolute Gasteiger partial charge is 0.232 e. The average Bonchev–Trinajstić information content (AvgIpc) is 3.12. The van der Waals surface area contributed by atoms with E-state index in [0.717, 1.165) is 12.1 Å². The predicted octanol–water partition coefficient (Wildman–Crippen LogP) is 3.33. The summed E-state index contributed by atoms with van der Waals surface area (Å²) in [6.45, 7) is 2.25. The molecule has 3 rings (SSSR count). The zero-order valence-electron chi connectivity index (χ0n) is 18.5. The molecule has 7 nitrogen and oxygen atoms in total. The minimum atomic E-state index is -3.81. The van der Waals surface area contributed by atoms with Crippen molar-refractivity contribution in [2.24, 2.45) is 0 Å². The Hall–Kier alpha value is -3.29. The van der Waals surface area contributed by atoms with Crippen LogP contribution in [0.5, 0.6) is 0 Å². The predicted molar refractivity (Wildman–Crippen MR) is 124 cm³/mol. The highest BCUT2D eigenvalue weighted by Gasteiger charge is 2.23. The van der Waals surface area contributed by atoms with Gasteiger partial charge in [-0.05, 0) is 56.3 Å². The number of ketones is 1. The highest BCUT2D eigenvalue weighted by atomic mass is 32.2. The molecular formula is C23H24F2N4O3S. The van der Waals surface area contributed by atoms with Gasteiger partial charge in [0.1, 0.15) is 11.5 Å². The fourth-order valence-electron chi connectivity index (χ4n) is 3.17. The van der Waals surface area contributed by atoms with Crippen LogP contribution < -0.4 is 4.72 Å². The van der Waals surface area contributed by atoms with E-state index in [1.165, 1.54) is 6.20 Å². The minimum Gasteiger partial charge on any atom is -0.333 e. The summed E-state index contributed by atoms with van der Waals surface area (Å²) in [5.41, 5.74) is 0.427. The molecule has 0 atom stereocenters. The Morgan fingerprint density at radius 2 is 2.00 bits per heavy atom. The van der Waals surface area contributed by atoms with Gasteiger partial charge in [0.2, 0.25) is 10.0 Å². The van der Waals surface area contributed by atoms with Gasteiger partial charge in [0, 0.05) is 18.0 Å². The van der Waals surface area contributed by atoms with Gasteiger partial charge >= 0.3 is 0 Å². The Morgan fingerprint density at radius 1 is 1.24 bits per heavy atom. The van der Waals surface area contributed by atoms with E-state index >= 15 is 0 Å². The number of rotatable bonds is 8. The lowest BCUT2D eigenvalue weighted by molar-refractivity contribution is 0.0985. The molecule has 3 aromatic rings. The van der Waals surface area contributed by atoms with Gasteiger partial charge in [0.15, 0.2) is 11.6 Å². The maximum Gasteiger partial charge on any atom is 0.232 e. The van der Waals surface area contributed by atoms with Crippen LogP contribution in [0.15, 0.2) is 30.5 Å². The molecule has 0 spiro atoms. The van der Waals surface area contributed by atoms with Gasteiger partial charge in [-0.25, -0.2) is 22.2 Å². The number of hydrogen-bond acceptors (Lipinski definition) is 5. The molecule has 0 aliphatic carbocycles. The molecule has 0 fully saturated rings. The fraction of sp³-hybridized carbons (Fsp3) is 0.304. The van der Waals surface area contributed by atoms with Crippen LogP contribution in [0.25, 0.3) is 11.0 Å². The lowest BCUT2D eigenvalue weighted by Crippen LogP contribution is -2.19. The molecule has 0 saturated carbocycles. The van der Waals surface area contributed by atoms with E-state index in [9.17, 15) is 22.0 Å². The van der Waals surface area contributed by atoms with Gasteiger partial charge < -0.3 is 4.98 Å². The number of carbonyl (C=O) groups excluding carboxylic acids is 1. The molecular weight excluding hydrogens is 450 g/mol. The number of fused-ring (bicyclic) bond motifs is 1. The van der Waals surface area contributed by atoms with Crippen molar-refractivity contribution >= 4 is 32.5 Å². The Bertz CT molecular complexity index is 1360. The second kappa shape index (κ2) is 10.1. The summed E-state index contributed by atoms with van der Waals surface area (Å²) >= 11 is 0. The largest absolute Gasteiger partial charge is 0.333 e. The van der Waals surface area contributed by atoms with Crippen LogP contribution in [0.4, 0.5) is 14.5 Å². The van der Waals surface area contributed by atoms with Crippen molar-refractivity contribution in [2.75, 3.05) is 31.1 Å². The maximum atomic E-state index is 14.9. The molecule has 0 radical (unpaired) electrons. The first-order valence-electron chi connectivity index (χ1n) is 10.2. The van der Waals surface area contributed by atoms with Gasteiger partial charge in [-0.3, -0.25) is 14.4 Å². The number of anilines is 1.